The number of ketones is 1. The molecule has 196 valence electrons. The molecular weight excluding hydrogens is 476 g/mol. The Morgan fingerprint density at radius 2 is 1.89 bits per heavy atom. The number of nitrogens with one attached hydrogen (secondary N) is 1. The van der Waals surface area contributed by atoms with Gasteiger partial charge in [0.2, 0.25) is 5.82 Å². The van der Waals surface area contributed by atoms with Crippen molar-refractivity contribution in [2.75, 3.05) is 20.3 Å². The molecule has 0 amide bonds. The molecule has 0 fully saturated rings. The van der Waals surface area contributed by atoms with Crippen molar-refractivity contribution in [2.45, 2.75) is 34.1 Å². The zero-order valence-corrected chi connectivity index (χ0v) is 20.5. The van der Waals surface area contributed by atoms with Gasteiger partial charge in [-0.25, -0.2) is 4.39 Å². The highest BCUT2D eigenvalue weighted by Crippen LogP contribution is 2.36. The van der Waals surface area contributed by atoms with Crippen LogP contribution in [-0.2, 0) is 12.8 Å². The van der Waals surface area contributed by atoms with Gasteiger partial charge in [-0.15, -0.1) is 0 Å². The minimum Gasteiger partial charge on any atom is -0.494 e. The number of benzene rings is 3. The lowest BCUT2D eigenvalue weighted by molar-refractivity contribution is 0.101. The summed E-state index contributed by atoms with van der Waals surface area (Å²) in [5.74, 6) is -1.40. The van der Waals surface area contributed by atoms with Gasteiger partial charge in [0.25, 0.3) is 0 Å². The Morgan fingerprint density at radius 3 is 2.59 bits per heavy atom. The minimum atomic E-state index is -1.03. The maximum atomic E-state index is 13.7. The Hall–Kier alpha value is -3.71. The SMILES string of the molecule is C.CC(CO)Cc1c[nH]c2ccccc12.COc1cc(-c2cc3c(c(C(C)=O)c2)OCC3)cc(F)c1F. The number of halogens is 2. The molecule has 5 rings (SSSR count). The van der Waals surface area contributed by atoms with Gasteiger partial charge in [0.1, 0.15) is 5.75 Å². The number of carbonyl (C=O) groups excluding carboxylic acids is 1. The van der Waals surface area contributed by atoms with E-state index in [1.54, 1.807) is 6.07 Å². The number of para-hydroxylation sites is 1. The van der Waals surface area contributed by atoms with Crippen LogP contribution in [0.1, 0.15) is 42.8 Å². The summed E-state index contributed by atoms with van der Waals surface area (Å²) >= 11 is 0. The average Bonchev–Trinajstić information content (AvgIpc) is 3.52. The molecule has 0 saturated carbocycles. The van der Waals surface area contributed by atoms with E-state index in [0.29, 0.717) is 41.4 Å². The third-order valence-corrected chi connectivity index (χ3v) is 6.27. The number of aliphatic hydroxyl groups excluding tert-OH is 1. The number of rotatable bonds is 6. The Kier molecular flexibility index (Phi) is 9.05. The van der Waals surface area contributed by atoms with Crippen LogP contribution >= 0.6 is 0 Å². The second-order valence-corrected chi connectivity index (χ2v) is 8.99. The lowest BCUT2D eigenvalue weighted by Crippen LogP contribution is -2.03. The number of hydrogen-bond acceptors (Lipinski definition) is 4. The first-order valence-corrected chi connectivity index (χ1v) is 11.8. The van der Waals surface area contributed by atoms with Crippen molar-refractivity contribution in [3.63, 3.8) is 0 Å². The fourth-order valence-electron chi connectivity index (χ4n) is 4.36. The Bertz CT molecular complexity index is 1400. The van der Waals surface area contributed by atoms with Crippen molar-refractivity contribution in [2.24, 2.45) is 5.92 Å². The molecule has 1 atom stereocenters. The second kappa shape index (κ2) is 12.0. The molecule has 1 aromatic heterocycles. The van der Waals surface area contributed by atoms with Crippen molar-refractivity contribution in [1.82, 2.24) is 4.98 Å². The van der Waals surface area contributed by atoms with Gasteiger partial charge >= 0.3 is 0 Å². The number of methoxy groups -OCH3 is 1. The van der Waals surface area contributed by atoms with Gasteiger partial charge < -0.3 is 19.6 Å². The topological polar surface area (TPSA) is 71.5 Å². The Morgan fingerprint density at radius 1 is 1.16 bits per heavy atom. The number of aromatic nitrogens is 1. The van der Waals surface area contributed by atoms with Gasteiger partial charge in [-0.05, 0) is 71.8 Å². The van der Waals surface area contributed by atoms with Crippen LogP contribution in [0, 0.1) is 17.6 Å². The molecule has 5 nitrogen and oxygen atoms in total. The number of carbonyl (C=O) groups is 1. The van der Waals surface area contributed by atoms with Gasteiger partial charge in [-0.3, -0.25) is 4.79 Å². The van der Waals surface area contributed by atoms with Gasteiger partial charge in [0, 0.05) is 30.1 Å². The summed E-state index contributed by atoms with van der Waals surface area (Å²) in [4.78, 5) is 15.0. The fourth-order valence-corrected chi connectivity index (χ4v) is 4.36. The molecule has 0 radical (unpaired) electrons. The molecule has 0 bridgehead atoms. The van der Waals surface area contributed by atoms with Crippen LogP contribution in [0.3, 0.4) is 0 Å². The first-order valence-electron chi connectivity index (χ1n) is 11.8. The minimum absolute atomic E-state index is 0. The number of aliphatic hydroxyl groups is 1. The summed E-state index contributed by atoms with van der Waals surface area (Å²) in [5.41, 5.74) is 4.90. The Labute approximate surface area is 216 Å². The van der Waals surface area contributed by atoms with Crippen molar-refractivity contribution in [3.05, 3.63) is 83.1 Å². The number of hydrogen-bond donors (Lipinski definition) is 2. The number of fused-ring (bicyclic) bond motifs is 2. The van der Waals surface area contributed by atoms with E-state index >= 15 is 0 Å². The highest BCUT2D eigenvalue weighted by atomic mass is 19.2. The zero-order chi connectivity index (χ0) is 25.8. The van der Waals surface area contributed by atoms with E-state index in [0.717, 1.165) is 18.1 Å². The summed E-state index contributed by atoms with van der Waals surface area (Å²) in [6.07, 6.45) is 3.65. The molecule has 1 aliphatic heterocycles. The normalized spacial score (nSPS) is 12.6. The van der Waals surface area contributed by atoms with Crippen LogP contribution in [0.15, 0.2) is 54.7 Å². The van der Waals surface area contributed by atoms with Crippen LogP contribution in [-0.4, -0.2) is 36.2 Å². The summed E-state index contributed by atoms with van der Waals surface area (Å²) < 4.78 is 37.6. The molecule has 0 aliphatic carbocycles. The lowest BCUT2D eigenvalue weighted by atomic mass is 9.96. The van der Waals surface area contributed by atoms with Crippen molar-refractivity contribution >= 4 is 16.7 Å². The van der Waals surface area contributed by atoms with Gasteiger partial charge in [0.15, 0.2) is 17.3 Å². The van der Waals surface area contributed by atoms with Crippen LogP contribution in [0.25, 0.3) is 22.0 Å². The van der Waals surface area contributed by atoms with E-state index in [4.69, 9.17) is 14.6 Å². The van der Waals surface area contributed by atoms with E-state index in [-0.39, 0.29) is 25.6 Å². The molecule has 2 N–H and O–H groups in total. The third-order valence-electron chi connectivity index (χ3n) is 6.27. The van der Waals surface area contributed by atoms with Gasteiger partial charge in [-0.2, -0.15) is 4.39 Å². The van der Waals surface area contributed by atoms with Crippen LogP contribution in [0.4, 0.5) is 8.78 Å². The fraction of sp³-hybridized carbons (Fsp3) is 0.300. The molecule has 37 heavy (non-hydrogen) atoms. The summed E-state index contributed by atoms with van der Waals surface area (Å²) in [7, 11) is 1.28. The predicted octanol–water partition coefficient (Wildman–Crippen LogP) is 6.75. The highest BCUT2D eigenvalue weighted by molar-refractivity contribution is 5.99. The predicted molar refractivity (Wildman–Crippen MR) is 143 cm³/mol. The van der Waals surface area contributed by atoms with Gasteiger partial charge in [0.05, 0.1) is 19.3 Å². The molecule has 0 saturated heterocycles. The van der Waals surface area contributed by atoms with E-state index in [1.165, 1.54) is 36.6 Å². The molecule has 1 unspecified atom stereocenters. The van der Waals surface area contributed by atoms with Crippen molar-refractivity contribution in [3.8, 4) is 22.6 Å². The number of ether oxygens (including phenoxy) is 2. The first-order chi connectivity index (χ1) is 17.3. The van der Waals surface area contributed by atoms with Crippen molar-refractivity contribution < 1.29 is 28.2 Å². The van der Waals surface area contributed by atoms with Crippen LogP contribution in [0.2, 0.25) is 0 Å². The molecule has 0 spiro atoms. The zero-order valence-electron chi connectivity index (χ0n) is 20.5. The molecule has 4 aromatic rings. The smallest absolute Gasteiger partial charge is 0.200 e. The molecule has 2 heterocycles. The van der Waals surface area contributed by atoms with Crippen LogP contribution in [0.5, 0.6) is 11.5 Å². The van der Waals surface area contributed by atoms with E-state index in [2.05, 4.69) is 24.0 Å². The average molecular weight is 510 g/mol. The number of Topliss-reactive ketones (excluding diaryl/α,β-unsaturated/α-hetero) is 1. The Balaban J connectivity index is 0.000000220. The monoisotopic (exact) mass is 509 g/mol. The lowest BCUT2D eigenvalue weighted by Gasteiger charge is -2.11. The summed E-state index contributed by atoms with van der Waals surface area (Å²) in [6.45, 7) is 4.27. The standard InChI is InChI=1S/C17H14F2O3.C12H15NO.CH4/c1-9(20)13-6-11(5-10-3-4-22-17(10)13)12-7-14(18)16(19)15(8-12)21-2;1-9(8-14)6-10-7-13-12-5-3-2-4-11(10)12;/h5-8H,3-4H2,1-2H3;2-5,7,9,13-14H,6,8H2,1H3;1H4. The largest absolute Gasteiger partial charge is 0.494 e. The van der Waals surface area contributed by atoms with E-state index < -0.39 is 11.6 Å². The highest BCUT2D eigenvalue weighted by Gasteiger charge is 2.22. The molecule has 1 aliphatic rings. The maximum absolute atomic E-state index is 13.7. The van der Waals surface area contributed by atoms with Crippen LogP contribution < -0.4 is 9.47 Å². The third kappa shape index (κ3) is 6.00. The van der Waals surface area contributed by atoms with E-state index in [9.17, 15) is 13.6 Å². The van der Waals surface area contributed by atoms with E-state index in [1.807, 2.05) is 24.4 Å². The summed E-state index contributed by atoms with van der Waals surface area (Å²) in [6, 6.07) is 14.2. The van der Waals surface area contributed by atoms with Gasteiger partial charge in [-0.1, -0.05) is 32.5 Å². The molecular formula is C30H33F2NO4. The maximum Gasteiger partial charge on any atom is 0.200 e. The summed E-state index contributed by atoms with van der Waals surface area (Å²) in [5, 5.41) is 10.3. The second-order valence-electron chi connectivity index (χ2n) is 8.99. The quantitative estimate of drug-likeness (QED) is 0.282. The first kappa shape index (κ1) is 27.9. The van der Waals surface area contributed by atoms with Crippen molar-refractivity contribution in [1.29, 1.82) is 0 Å². The molecule has 7 heteroatoms. The molecule has 3 aromatic carbocycles. The number of aromatic amines is 1. The number of H-pyrrole nitrogens is 1.